The lowest BCUT2D eigenvalue weighted by molar-refractivity contribution is -0.129. The van der Waals surface area contributed by atoms with E-state index in [0.29, 0.717) is 13.0 Å². The Morgan fingerprint density at radius 2 is 1.97 bits per heavy atom. The highest BCUT2D eigenvalue weighted by atomic mass is 79.9. The second-order valence-electron chi connectivity index (χ2n) is 7.47. The number of halogens is 1. The van der Waals surface area contributed by atoms with Crippen LogP contribution in [0, 0.1) is 5.92 Å². The fraction of sp³-hybridized carbons (Fsp3) is 0.364. The normalized spacial score (nSPS) is 18.8. The largest absolute Gasteiger partial charge is 0.497 e. The number of benzene rings is 1. The van der Waals surface area contributed by atoms with E-state index in [1.807, 2.05) is 54.4 Å². The standard InChI is InChI=1S/C22H24BrN3O3/c1-14(16-4-6-19(28-3)7-5-16)25-12-17(10-22(25)27)15(2)29-21-11-18(23)13-26-20(21)8-9-24-26/h4-9,11,13-15,17H,10,12H2,1-3H3/t14-,15-,17-/m1/s1. The molecule has 1 fully saturated rings. The summed E-state index contributed by atoms with van der Waals surface area (Å²) in [6.45, 7) is 4.78. The summed E-state index contributed by atoms with van der Waals surface area (Å²) in [7, 11) is 1.65. The number of hydrogen-bond donors (Lipinski definition) is 0. The summed E-state index contributed by atoms with van der Waals surface area (Å²) >= 11 is 3.50. The second-order valence-corrected chi connectivity index (χ2v) is 8.38. The minimum Gasteiger partial charge on any atom is -0.497 e. The molecule has 4 rings (SSSR count). The molecule has 29 heavy (non-hydrogen) atoms. The Labute approximate surface area is 178 Å². The maximum absolute atomic E-state index is 12.7. The van der Waals surface area contributed by atoms with Crippen LogP contribution in [0.2, 0.25) is 0 Å². The van der Waals surface area contributed by atoms with Gasteiger partial charge in [0.15, 0.2) is 0 Å². The molecule has 2 aromatic heterocycles. The van der Waals surface area contributed by atoms with Crippen LogP contribution < -0.4 is 9.47 Å². The smallest absolute Gasteiger partial charge is 0.223 e. The highest BCUT2D eigenvalue weighted by Gasteiger charge is 2.37. The number of aromatic nitrogens is 2. The maximum Gasteiger partial charge on any atom is 0.223 e. The predicted octanol–water partition coefficient (Wildman–Crippen LogP) is 4.48. The first-order chi connectivity index (χ1) is 14.0. The van der Waals surface area contributed by atoms with Crippen LogP contribution in [0.15, 0.2) is 53.3 Å². The Morgan fingerprint density at radius 1 is 1.21 bits per heavy atom. The number of carbonyl (C=O) groups is 1. The Morgan fingerprint density at radius 3 is 2.69 bits per heavy atom. The molecule has 1 aliphatic heterocycles. The van der Waals surface area contributed by atoms with E-state index in [4.69, 9.17) is 9.47 Å². The van der Waals surface area contributed by atoms with Crippen LogP contribution in [0.3, 0.4) is 0 Å². The zero-order valence-corrected chi connectivity index (χ0v) is 18.3. The van der Waals surface area contributed by atoms with Crippen molar-refractivity contribution in [3.63, 3.8) is 0 Å². The van der Waals surface area contributed by atoms with Gasteiger partial charge in [-0.15, -0.1) is 0 Å². The summed E-state index contributed by atoms with van der Waals surface area (Å²) in [6.07, 6.45) is 4.03. The molecule has 0 spiro atoms. The summed E-state index contributed by atoms with van der Waals surface area (Å²) in [5, 5.41) is 4.27. The quantitative estimate of drug-likeness (QED) is 0.547. The van der Waals surface area contributed by atoms with Gasteiger partial charge in [0.25, 0.3) is 0 Å². The number of amides is 1. The molecule has 0 N–H and O–H groups in total. The summed E-state index contributed by atoms with van der Waals surface area (Å²) in [6, 6.07) is 11.8. The number of pyridine rings is 1. The van der Waals surface area contributed by atoms with Crippen LogP contribution in [-0.2, 0) is 4.79 Å². The molecule has 3 heterocycles. The van der Waals surface area contributed by atoms with Crippen molar-refractivity contribution in [2.24, 2.45) is 5.92 Å². The van der Waals surface area contributed by atoms with E-state index in [1.54, 1.807) is 17.8 Å². The van der Waals surface area contributed by atoms with Crippen molar-refractivity contribution in [1.29, 1.82) is 0 Å². The third-order valence-corrected chi connectivity index (χ3v) is 6.10. The van der Waals surface area contributed by atoms with Crippen LogP contribution in [0.25, 0.3) is 5.52 Å². The van der Waals surface area contributed by atoms with Crippen LogP contribution in [0.1, 0.15) is 31.9 Å². The first-order valence-electron chi connectivity index (χ1n) is 9.69. The predicted molar refractivity (Wildman–Crippen MR) is 114 cm³/mol. The highest BCUT2D eigenvalue weighted by Crippen LogP contribution is 2.33. The van der Waals surface area contributed by atoms with Crippen molar-refractivity contribution in [2.45, 2.75) is 32.4 Å². The number of hydrogen-bond acceptors (Lipinski definition) is 4. The Hall–Kier alpha value is -2.54. The van der Waals surface area contributed by atoms with Crippen LogP contribution in [0.4, 0.5) is 0 Å². The molecular weight excluding hydrogens is 434 g/mol. The van der Waals surface area contributed by atoms with E-state index in [2.05, 4.69) is 28.0 Å². The van der Waals surface area contributed by atoms with E-state index in [-0.39, 0.29) is 24.0 Å². The van der Waals surface area contributed by atoms with E-state index >= 15 is 0 Å². The molecular formula is C22H24BrN3O3. The first-order valence-corrected chi connectivity index (χ1v) is 10.5. The fourth-order valence-corrected chi connectivity index (χ4v) is 4.27. The lowest BCUT2D eigenvalue weighted by atomic mass is 10.0. The number of carbonyl (C=O) groups excluding carboxylic acids is 1. The number of likely N-dealkylation sites (tertiary alicyclic amines) is 1. The molecule has 3 atom stereocenters. The van der Waals surface area contributed by atoms with Gasteiger partial charge in [0.05, 0.1) is 19.3 Å². The van der Waals surface area contributed by atoms with Crippen molar-refractivity contribution in [1.82, 2.24) is 14.5 Å². The number of rotatable bonds is 6. The summed E-state index contributed by atoms with van der Waals surface area (Å²) < 4.78 is 14.2. The van der Waals surface area contributed by atoms with E-state index in [0.717, 1.165) is 27.1 Å². The zero-order chi connectivity index (χ0) is 20.5. The zero-order valence-electron chi connectivity index (χ0n) is 16.7. The minimum atomic E-state index is -0.0972. The van der Waals surface area contributed by atoms with Crippen molar-refractivity contribution >= 4 is 27.4 Å². The molecule has 0 bridgehead atoms. The SMILES string of the molecule is COc1ccc([C@@H](C)N2C[C@H]([C@@H](C)Oc3cc(Br)cn4nccc34)CC2=O)cc1. The van der Waals surface area contributed by atoms with Gasteiger partial charge >= 0.3 is 0 Å². The van der Waals surface area contributed by atoms with Crippen molar-refractivity contribution < 1.29 is 14.3 Å². The van der Waals surface area contributed by atoms with Crippen molar-refractivity contribution in [2.75, 3.05) is 13.7 Å². The van der Waals surface area contributed by atoms with Gasteiger partial charge in [-0.2, -0.15) is 5.10 Å². The lowest BCUT2D eigenvalue weighted by Gasteiger charge is -2.27. The van der Waals surface area contributed by atoms with Crippen molar-refractivity contribution in [3.05, 3.63) is 58.8 Å². The fourth-order valence-electron chi connectivity index (χ4n) is 3.87. The van der Waals surface area contributed by atoms with Gasteiger partial charge in [-0.05, 0) is 59.6 Å². The van der Waals surface area contributed by atoms with Gasteiger partial charge in [0.2, 0.25) is 5.91 Å². The first kappa shape index (κ1) is 19.8. The summed E-state index contributed by atoms with van der Waals surface area (Å²) in [5.74, 6) is 1.87. The monoisotopic (exact) mass is 457 g/mol. The van der Waals surface area contributed by atoms with Gasteiger partial charge in [0.1, 0.15) is 23.1 Å². The summed E-state index contributed by atoms with van der Waals surface area (Å²) in [5.41, 5.74) is 2.01. The number of nitrogens with zero attached hydrogens (tertiary/aromatic N) is 3. The molecule has 3 aromatic rings. The molecule has 0 saturated carbocycles. The molecule has 1 saturated heterocycles. The minimum absolute atomic E-state index is 0.0120. The molecule has 7 heteroatoms. The third kappa shape index (κ3) is 3.96. The Balaban J connectivity index is 1.47. The Bertz CT molecular complexity index is 1020. The average molecular weight is 458 g/mol. The van der Waals surface area contributed by atoms with Crippen LogP contribution in [-0.4, -0.2) is 40.2 Å². The number of fused-ring (bicyclic) bond motifs is 1. The van der Waals surface area contributed by atoms with Gasteiger partial charge in [0, 0.05) is 29.6 Å². The van der Waals surface area contributed by atoms with Gasteiger partial charge < -0.3 is 14.4 Å². The van der Waals surface area contributed by atoms with Crippen LogP contribution >= 0.6 is 15.9 Å². The lowest BCUT2D eigenvalue weighted by Crippen LogP contribution is -2.31. The van der Waals surface area contributed by atoms with E-state index < -0.39 is 0 Å². The van der Waals surface area contributed by atoms with Gasteiger partial charge in [-0.3, -0.25) is 4.79 Å². The highest BCUT2D eigenvalue weighted by molar-refractivity contribution is 9.10. The number of methoxy groups -OCH3 is 1. The Kier molecular flexibility index (Phi) is 5.50. The molecule has 0 radical (unpaired) electrons. The molecule has 0 aliphatic carbocycles. The second kappa shape index (κ2) is 8.06. The molecule has 1 aliphatic rings. The maximum atomic E-state index is 12.7. The third-order valence-electron chi connectivity index (χ3n) is 5.67. The van der Waals surface area contributed by atoms with Gasteiger partial charge in [-0.25, -0.2) is 4.52 Å². The summed E-state index contributed by atoms with van der Waals surface area (Å²) in [4.78, 5) is 14.7. The molecule has 152 valence electrons. The average Bonchev–Trinajstić information content (AvgIpc) is 3.34. The molecule has 1 aromatic carbocycles. The molecule has 6 nitrogen and oxygen atoms in total. The van der Waals surface area contributed by atoms with E-state index in [1.165, 1.54) is 0 Å². The number of ether oxygens (including phenoxy) is 2. The molecule has 1 amide bonds. The topological polar surface area (TPSA) is 56.1 Å². The molecule has 0 unspecified atom stereocenters. The van der Waals surface area contributed by atoms with E-state index in [9.17, 15) is 4.79 Å². The van der Waals surface area contributed by atoms with Crippen molar-refractivity contribution in [3.8, 4) is 11.5 Å². The van der Waals surface area contributed by atoms with Crippen LogP contribution in [0.5, 0.6) is 11.5 Å². The van der Waals surface area contributed by atoms with Gasteiger partial charge in [-0.1, -0.05) is 12.1 Å².